The van der Waals surface area contributed by atoms with Gasteiger partial charge in [0.2, 0.25) is 5.91 Å². The fraction of sp³-hybridized carbons (Fsp3) is 0.391. The Morgan fingerprint density at radius 2 is 1.68 bits per heavy atom. The number of piperidine rings is 1. The van der Waals surface area contributed by atoms with Crippen LogP contribution in [0.5, 0.6) is 0 Å². The molecule has 1 fully saturated rings. The molecule has 5 nitrogen and oxygen atoms in total. The first-order valence-corrected chi connectivity index (χ1v) is 10.1. The van der Waals surface area contributed by atoms with Gasteiger partial charge in [0, 0.05) is 31.7 Å². The molecule has 1 saturated heterocycles. The third-order valence-corrected chi connectivity index (χ3v) is 5.35. The van der Waals surface area contributed by atoms with E-state index >= 15 is 0 Å². The van der Waals surface area contributed by atoms with E-state index in [0.717, 1.165) is 36.1 Å². The summed E-state index contributed by atoms with van der Waals surface area (Å²) in [5.74, 6) is 0.423. The van der Waals surface area contributed by atoms with Crippen molar-refractivity contribution in [2.24, 2.45) is 5.92 Å². The Morgan fingerprint density at radius 3 is 2.39 bits per heavy atom. The van der Waals surface area contributed by atoms with Crippen LogP contribution in [0.1, 0.15) is 37.3 Å². The lowest BCUT2D eigenvalue weighted by molar-refractivity contribution is -0.122. The van der Waals surface area contributed by atoms with Crippen molar-refractivity contribution in [2.45, 2.75) is 39.2 Å². The second-order valence-corrected chi connectivity index (χ2v) is 7.34. The van der Waals surface area contributed by atoms with Crippen LogP contribution >= 0.6 is 0 Å². The lowest BCUT2D eigenvalue weighted by Crippen LogP contribution is -2.42. The molecular weight excluding hydrogens is 350 g/mol. The summed E-state index contributed by atoms with van der Waals surface area (Å²) < 4.78 is 0. The fourth-order valence-electron chi connectivity index (χ4n) is 3.62. The normalized spacial score (nSPS) is 14.5. The van der Waals surface area contributed by atoms with Gasteiger partial charge in [-0.3, -0.25) is 4.79 Å². The number of amides is 3. The van der Waals surface area contributed by atoms with E-state index in [0.29, 0.717) is 32.0 Å². The number of benzene rings is 2. The number of likely N-dealkylation sites (tertiary alicyclic amines) is 1. The summed E-state index contributed by atoms with van der Waals surface area (Å²) in [6, 6.07) is 17.8. The first-order chi connectivity index (χ1) is 13.7. The number of nitrogens with zero attached hydrogens (tertiary/aromatic N) is 1. The maximum absolute atomic E-state index is 12.6. The number of anilines is 1. The number of hydrogen-bond donors (Lipinski definition) is 2. The topological polar surface area (TPSA) is 61.4 Å². The monoisotopic (exact) mass is 379 g/mol. The zero-order chi connectivity index (χ0) is 19.8. The van der Waals surface area contributed by atoms with Gasteiger partial charge in [-0.1, -0.05) is 55.5 Å². The third-order valence-electron chi connectivity index (χ3n) is 5.35. The lowest BCUT2D eigenvalue weighted by Gasteiger charge is -2.32. The highest BCUT2D eigenvalue weighted by atomic mass is 16.2. The van der Waals surface area contributed by atoms with Crippen LogP contribution in [0.3, 0.4) is 0 Å². The number of urea groups is 1. The van der Waals surface area contributed by atoms with E-state index in [-0.39, 0.29) is 11.9 Å². The van der Waals surface area contributed by atoms with Crippen LogP contribution < -0.4 is 10.6 Å². The summed E-state index contributed by atoms with van der Waals surface area (Å²) >= 11 is 0. The van der Waals surface area contributed by atoms with Crippen molar-refractivity contribution in [3.05, 3.63) is 65.7 Å². The smallest absolute Gasteiger partial charge is 0.321 e. The highest BCUT2D eigenvalue weighted by Gasteiger charge is 2.24. The van der Waals surface area contributed by atoms with Crippen LogP contribution in [0, 0.1) is 5.92 Å². The molecule has 0 aliphatic carbocycles. The Balaban J connectivity index is 1.41. The van der Waals surface area contributed by atoms with Gasteiger partial charge in [-0.2, -0.15) is 0 Å². The standard InChI is InChI=1S/C23H29N3O2/c1-2-20-10-6-7-11-21(20)25-23(28)26-14-12-18(13-15-26)16-22(27)24-17-19-8-4-3-5-9-19/h3-11,18H,2,12-17H2,1H3,(H,24,27)(H,25,28). The Bertz CT molecular complexity index is 783. The van der Waals surface area contributed by atoms with Crippen molar-refractivity contribution in [3.63, 3.8) is 0 Å². The first kappa shape index (κ1) is 19.9. The lowest BCUT2D eigenvalue weighted by atomic mass is 9.93. The van der Waals surface area contributed by atoms with Gasteiger partial charge in [-0.25, -0.2) is 4.79 Å². The Kier molecular flexibility index (Phi) is 7.06. The molecule has 2 aromatic carbocycles. The molecule has 3 rings (SSSR count). The fourth-order valence-corrected chi connectivity index (χ4v) is 3.62. The van der Waals surface area contributed by atoms with E-state index in [1.807, 2.05) is 59.5 Å². The zero-order valence-corrected chi connectivity index (χ0v) is 16.5. The number of para-hydroxylation sites is 1. The molecule has 1 aliphatic heterocycles. The quantitative estimate of drug-likeness (QED) is 0.790. The molecule has 0 spiro atoms. The Labute approximate surface area is 167 Å². The predicted molar refractivity (Wildman–Crippen MR) is 112 cm³/mol. The van der Waals surface area contributed by atoms with Crippen molar-refractivity contribution in [3.8, 4) is 0 Å². The van der Waals surface area contributed by atoms with Crippen molar-refractivity contribution >= 4 is 17.6 Å². The van der Waals surface area contributed by atoms with Crippen molar-refractivity contribution in [1.29, 1.82) is 0 Å². The average Bonchev–Trinajstić information content (AvgIpc) is 2.74. The second-order valence-electron chi connectivity index (χ2n) is 7.34. The molecule has 148 valence electrons. The number of hydrogen-bond acceptors (Lipinski definition) is 2. The van der Waals surface area contributed by atoms with E-state index in [2.05, 4.69) is 17.6 Å². The summed E-state index contributed by atoms with van der Waals surface area (Å²) in [6.07, 6.45) is 3.14. The van der Waals surface area contributed by atoms with Crippen LogP contribution in [-0.2, 0) is 17.8 Å². The van der Waals surface area contributed by atoms with Gasteiger partial charge in [0.25, 0.3) is 0 Å². The molecule has 0 unspecified atom stereocenters. The summed E-state index contributed by atoms with van der Waals surface area (Å²) in [7, 11) is 0. The highest BCUT2D eigenvalue weighted by molar-refractivity contribution is 5.90. The largest absolute Gasteiger partial charge is 0.352 e. The number of carbonyl (C=O) groups excluding carboxylic acids is 2. The SMILES string of the molecule is CCc1ccccc1NC(=O)N1CCC(CC(=O)NCc2ccccc2)CC1. The molecule has 3 amide bonds. The van der Waals surface area contributed by atoms with Crippen LogP contribution in [0.25, 0.3) is 0 Å². The Morgan fingerprint density at radius 1 is 1.00 bits per heavy atom. The first-order valence-electron chi connectivity index (χ1n) is 10.1. The Hall–Kier alpha value is -2.82. The molecule has 2 N–H and O–H groups in total. The zero-order valence-electron chi connectivity index (χ0n) is 16.5. The second kappa shape index (κ2) is 9.93. The van der Waals surface area contributed by atoms with E-state index in [1.165, 1.54) is 0 Å². The van der Waals surface area contributed by atoms with E-state index in [9.17, 15) is 9.59 Å². The molecule has 28 heavy (non-hydrogen) atoms. The summed E-state index contributed by atoms with van der Waals surface area (Å²) in [4.78, 5) is 26.6. The van der Waals surface area contributed by atoms with Gasteiger partial charge in [0.05, 0.1) is 0 Å². The molecule has 0 saturated carbocycles. The summed E-state index contributed by atoms with van der Waals surface area (Å²) in [6.45, 7) is 4.03. The van der Waals surface area contributed by atoms with Gasteiger partial charge < -0.3 is 15.5 Å². The van der Waals surface area contributed by atoms with Gasteiger partial charge in [0.1, 0.15) is 0 Å². The van der Waals surface area contributed by atoms with Crippen LogP contribution in [0.15, 0.2) is 54.6 Å². The van der Waals surface area contributed by atoms with Crippen molar-refractivity contribution in [2.75, 3.05) is 18.4 Å². The van der Waals surface area contributed by atoms with E-state index < -0.39 is 0 Å². The molecular formula is C23H29N3O2. The van der Waals surface area contributed by atoms with Gasteiger partial charge >= 0.3 is 6.03 Å². The minimum Gasteiger partial charge on any atom is -0.352 e. The maximum atomic E-state index is 12.6. The van der Waals surface area contributed by atoms with Crippen LogP contribution in [0.4, 0.5) is 10.5 Å². The van der Waals surface area contributed by atoms with Gasteiger partial charge in [0.15, 0.2) is 0 Å². The van der Waals surface area contributed by atoms with Gasteiger partial charge in [-0.15, -0.1) is 0 Å². The molecule has 2 aromatic rings. The predicted octanol–water partition coefficient (Wildman–Crippen LogP) is 4.20. The molecule has 0 radical (unpaired) electrons. The highest BCUT2D eigenvalue weighted by Crippen LogP contribution is 2.22. The minimum atomic E-state index is -0.0483. The van der Waals surface area contributed by atoms with E-state index in [4.69, 9.17) is 0 Å². The molecule has 1 heterocycles. The van der Waals surface area contributed by atoms with Crippen LogP contribution in [-0.4, -0.2) is 29.9 Å². The van der Waals surface area contributed by atoms with Crippen LogP contribution in [0.2, 0.25) is 0 Å². The van der Waals surface area contributed by atoms with Gasteiger partial charge in [-0.05, 0) is 42.4 Å². The maximum Gasteiger partial charge on any atom is 0.321 e. The number of carbonyl (C=O) groups is 2. The van der Waals surface area contributed by atoms with Crippen molar-refractivity contribution < 1.29 is 9.59 Å². The average molecular weight is 380 g/mol. The summed E-state index contributed by atoms with van der Waals surface area (Å²) in [5.41, 5.74) is 3.13. The molecule has 0 aromatic heterocycles. The van der Waals surface area contributed by atoms with E-state index in [1.54, 1.807) is 0 Å². The molecule has 1 aliphatic rings. The molecule has 0 atom stereocenters. The molecule has 0 bridgehead atoms. The number of rotatable bonds is 6. The summed E-state index contributed by atoms with van der Waals surface area (Å²) in [5, 5.41) is 6.03. The van der Waals surface area contributed by atoms with Crippen molar-refractivity contribution in [1.82, 2.24) is 10.2 Å². The number of nitrogens with one attached hydrogen (secondary N) is 2. The molecule has 5 heteroatoms. The number of aryl methyl sites for hydroxylation is 1. The minimum absolute atomic E-state index is 0.0483. The third kappa shape index (κ3) is 5.59.